The maximum atomic E-state index is 11.7. The van der Waals surface area contributed by atoms with Crippen molar-refractivity contribution in [2.24, 2.45) is 5.92 Å². The van der Waals surface area contributed by atoms with Crippen LogP contribution in [0, 0.1) is 5.92 Å². The van der Waals surface area contributed by atoms with Crippen molar-refractivity contribution in [3.8, 4) is 5.88 Å². The zero-order valence-electron chi connectivity index (χ0n) is 10.4. The Balaban J connectivity index is 2.64. The highest BCUT2D eigenvalue weighted by atomic mass is 35.5. The third-order valence-corrected chi connectivity index (χ3v) is 4.41. The first kappa shape index (κ1) is 15.2. The lowest BCUT2D eigenvalue weighted by atomic mass is 10.3. The predicted octanol–water partition coefficient (Wildman–Crippen LogP) is 1.38. The highest BCUT2D eigenvalue weighted by Gasteiger charge is 2.15. The van der Waals surface area contributed by atoms with Crippen molar-refractivity contribution in [3.05, 3.63) is 23.9 Å². The number of alkyl halides is 1. The van der Waals surface area contributed by atoms with Crippen molar-refractivity contribution in [1.29, 1.82) is 0 Å². The fraction of sp³-hybridized carbons (Fsp3) is 0.545. The summed E-state index contributed by atoms with van der Waals surface area (Å²) in [6, 6.07) is 3.49. The number of halogens is 1. The Bertz CT molecular complexity index is 479. The lowest BCUT2D eigenvalue weighted by Gasteiger charge is -2.11. The average Bonchev–Trinajstić information content (AvgIpc) is 2.36. The molecule has 0 radical (unpaired) electrons. The molecule has 0 spiro atoms. The number of nitrogens with zero attached hydrogens (tertiary/aromatic N) is 1. The van der Waals surface area contributed by atoms with Crippen molar-refractivity contribution in [3.63, 3.8) is 0 Å². The maximum absolute atomic E-state index is 11.7. The Morgan fingerprint density at radius 2 is 2.28 bits per heavy atom. The minimum atomic E-state index is -3.33. The smallest absolute Gasteiger partial charge is 0.217 e. The summed E-state index contributed by atoms with van der Waals surface area (Å²) in [5, 5.41) is 0. The summed E-state index contributed by atoms with van der Waals surface area (Å²) in [6.07, 6.45) is 1.59. The lowest BCUT2D eigenvalue weighted by molar-refractivity contribution is 0.392. The summed E-state index contributed by atoms with van der Waals surface area (Å²) in [4.78, 5) is 4.00. The third kappa shape index (κ3) is 4.80. The molecular formula is C11H17ClN2O3S. The van der Waals surface area contributed by atoms with Gasteiger partial charge in [-0.15, -0.1) is 11.6 Å². The molecule has 1 heterocycles. The summed E-state index contributed by atoms with van der Waals surface area (Å²) in [7, 11) is -1.84. The van der Waals surface area contributed by atoms with Gasteiger partial charge >= 0.3 is 0 Å². The molecule has 1 unspecified atom stereocenters. The molecule has 0 aliphatic rings. The molecule has 102 valence electrons. The number of rotatable bonds is 7. The Morgan fingerprint density at radius 1 is 1.56 bits per heavy atom. The molecule has 1 N–H and O–H groups in total. The molecule has 7 heteroatoms. The van der Waals surface area contributed by atoms with Gasteiger partial charge in [-0.2, -0.15) is 0 Å². The highest BCUT2D eigenvalue weighted by Crippen LogP contribution is 2.13. The van der Waals surface area contributed by atoms with E-state index in [1.165, 1.54) is 7.11 Å². The van der Waals surface area contributed by atoms with Crippen LogP contribution in [0.25, 0.3) is 0 Å². The van der Waals surface area contributed by atoms with Gasteiger partial charge in [0.1, 0.15) is 0 Å². The second-order valence-corrected chi connectivity index (χ2v) is 6.19. The fourth-order valence-corrected chi connectivity index (χ4v) is 3.01. The van der Waals surface area contributed by atoms with E-state index in [0.717, 1.165) is 0 Å². The van der Waals surface area contributed by atoms with Crippen LogP contribution in [0.3, 0.4) is 0 Å². The molecule has 1 rings (SSSR count). The summed E-state index contributed by atoms with van der Waals surface area (Å²) in [5.74, 6) is 0.668. The van der Waals surface area contributed by atoms with E-state index in [1.54, 1.807) is 25.3 Å². The summed E-state index contributed by atoms with van der Waals surface area (Å²) in [6.45, 7) is 1.95. The van der Waals surface area contributed by atoms with E-state index < -0.39 is 10.0 Å². The monoisotopic (exact) mass is 292 g/mol. The average molecular weight is 293 g/mol. The number of methoxy groups -OCH3 is 1. The minimum Gasteiger partial charge on any atom is -0.481 e. The van der Waals surface area contributed by atoms with Crippen molar-refractivity contribution in [2.45, 2.75) is 13.5 Å². The highest BCUT2D eigenvalue weighted by molar-refractivity contribution is 7.89. The van der Waals surface area contributed by atoms with Gasteiger partial charge in [0.2, 0.25) is 15.9 Å². The number of ether oxygens (including phenoxy) is 1. The summed E-state index contributed by atoms with van der Waals surface area (Å²) in [5.41, 5.74) is 0.696. The molecule has 0 saturated carbocycles. The van der Waals surface area contributed by atoms with Crippen LogP contribution in [0.4, 0.5) is 0 Å². The standard InChI is InChI=1S/C11H17ClN2O3S/c1-9(6-12)8-18(15,16)14-7-10-4-3-5-13-11(10)17-2/h3-5,9,14H,6-8H2,1-2H3. The molecular weight excluding hydrogens is 276 g/mol. The molecule has 0 amide bonds. The van der Waals surface area contributed by atoms with E-state index in [2.05, 4.69) is 9.71 Å². The van der Waals surface area contributed by atoms with Gasteiger partial charge in [-0.1, -0.05) is 13.0 Å². The van der Waals surface area contributed by atoms with E-state index in [9.17, 15) is 8.42 Å². The topological polar surface area (TPSA) is 68.3 Å². The van der Waals surface area contributed by atoms with Crippen LogP contribution in [-0.2, 0) is 16.6 Å². The normalized spacial score (nSPS) is 13.3. The fourth-order valence-electron chi connectivity index (χ4n) is 1.41. The van der Waals surface area contributed by atoms with Crippen molar-refractivity contribution in [2.75, 3.05) is 18.7 Å². The maximum Gasteiger partial charge on any atom is 0.217 e. The quantitative estimate of drug-likeness (QED) is 0.771. The first-order valence-electron chi connectivity index (χ1n) is 5.49. The van der Waals surface area contributed by atoms with Gasteiger partial charge in [0.05, 0.1) is 12.9 Å². The van der Waals surface area contributed by atoms with Gasteiger partial charge in [-0.3, -0.25) is 0 Å². The number of pyridine rings is 1. The Morgan fingerprint density at radius 3 is 2.89 bits per heavy atom. The third-order valence-electron chi connectivity index (χ3n) is 2.29. The van der Waals surface area contributed by atoms with Crippen LogP contribution < -0.4 is 9.46 Å². The molecule has 5 nitrogen and oxygen atoms in total. The molecule has 0 aromatic carbocycles. The molecule has 1 aromatic rings. The summed E-state index contributed by atoms with van der Waals surface area (Å²) < 4.78 is 31.0. The van der Waals surface area contributed by atoms with Crippen molar-refractivity contribution < 1.29 is 13.2 Å². The molecule has 0 aliphatic heterocycles. The van der Waals surface area contributed by atoms with Gasteiger partial charge in [0, 0.05) is 24.2 Å². The van der Waals surface area contributed by atoms with Crippen molar-refractivity contribution >= 4 is 21.6 Å². The van der Waals surface area contributed by atoms with E-state index in [1.807, 2.05) is 0 Å². The van der Waals surface area contributed by atoms with Crippen LogP contribution >= 0.6 is 11.6 Å². The Hall–Kier alpha value is -0.850. The number of hydrogen-bond donors (Lipinski definition) is 1. The van der Waals surface area contributed by atoms with Gasteiger partial charge in [0.25, 0.3) is 0 Å². The van der Waals surface area contributed by atoms with Gasteiger partial charge in [-0.25, -0.2) is 18.1 Å². The first-order chi connectivity index (χ1) is 8.48. The largest absolute Gasteiger partial charge is 0.481 e. The minimum absolute atomic E-state index is 0.0130. The van der Waals surface area contributed by atoms with E-state index in [4.69, 9.17) is 16.3 Å². The molecule has 0 saturated heterocycles. The molecule has 18 heavy (non-hydrogen) atoms. The molecule has 1 aromatic heterocycles. The molecule has 1 atom stereocenters. The van der Waals surface area contributed by atoms with E-state index >= 15 is 0 Å². The molecule has 0 bridgehead atoms. The Labute approximate surface area is 113 Å². The van der Waals surface area contributed by atoms with Crippen LogP contribution in [0.2, 0.25) is 0 Å². The van der Waals surface area contributed by atoms with Crippen LogP contribution in [0.15, 0.2) is 18.3 Å². The number of hydrogen-bond acceptors (Lipinski definition) is 4. The number of nitrogens with one attached hydrogen (secondary N) is 1. The first-order valence-corrected chi connectivity index (χ1v) is 7.68. The van der Waals surface area contributed by atoms with Crippen LogP contribution in [0.1, 0.15) is 12.5 Å². The van der Waals surface area contributed by atoms with Crippen LogP contribution in [-0.4, -0.2) is 32.1 Å². The van der Waals surface area contributed by atoms with Gasteiger partial charge in [-0.05, 0) is 12.0 Å². The van der Waals surface area contributed by atoms with Gasteiger partial charge < -0.3 is 4.74 Å². The predicted molar refractivity (Wildman–Crippen MR) is 71.3 cm³/mol. The van der Waals surface area contributed by atoms with Crippen LogP contribution in [0.5, 0.6) is 5.88 Å². The van der Waals surface area contributed by atoms with E-state index in [0.29, 0.717) is 17.3 Å². The Kier molecular flexibility index (Phi) is 5.84. The molecule has 0 aliphatic carbocycles. The second kappa shape index (κ2) is 6.92. The van der Waals surface area contributed by atoms with Gasteiger partial charge in [0.15, 0.2) is 0 Å². The number of aromatic nitrogens is 1. The van der Waals surface area contributed by atoms with Crippen molar-refractivity contribution in [1.82, 2.24) is 9.71 Å². The van der Waals surface area contributed by atoms with E-state index in [-0.39, 0.29) is 18.2 Å². The number of sulfonamides is 1. The zero-order chi connectivity index (χ0) is 13.6. The second-order valence-electron chi connectivity index (χ2n) is 4.03. The SMILES string of the molecule is COc1ncccc1CNS(=O)(=O)CC(C)CCl. The lowest BCUT2D eigenvalue weighted by Crippen LogP contribution is -2.29. The molecule has 0 fully saturated rings. The summed E-state index contributed by atoms with van der Waals surface area (Å²) >= 11 is 5.60. The zero-order valence-corrected chi connectivity index (χ0v) is 12.0.